The first-order chi connectivity index (χ1) is 14.5. The molecule has 0 bridgehead atoms. The maximum absolute atomic E-state index is 13.6. The molecule has 3 heterocycles. The van der Waals surface area contributed by atoms with Gasteiger partial charge in [-0.05, 0) is 63.1 Å². The predicted octanol–water partition coefficient (Wildman–Crippen LogP) is 4.48. The van der Waals surface area contributed by atoms with Gasteiger partial charge in [-0.2, -0.15) is 0 Å². The normalized spacial score (nSPS) is 16.0. The molecule has 2 aromatic heterocycles. The molecule has 3 aromatic rings. The second kappa shape index (κ2) is 8.22. The zero-order valence-corrected chi connectivity index (χ0v) is 17.9. The van der Waals surface area contributed by atoms with Gasteiger partial charge < -0.3 is 18.9 Å². The Kier molecular flexibility index (Phi) is 5.48. The number of aryl methyl sites for hydroxylation is 1. The first-order valence-electron chi connectivity index (χ1n) is 10.2. The van der Waals surface area contributed by atoms with Crippen molar-refractivity contribution >= 4 is 5.91 Å². The van der Waals surface area contributed by atoms with Gasteiger partial charge in [-0.3, -0.25) is 9.78 Å². The van der Waals surface area contributed by atoms with Crippen LogP contribution in [0.15, 0.2) is 48.8 Å². The molecule has 1 saturated heterocycles. The van der Waals surface area contributed by atoms with Gasteiger partial charge in [0.2, 0.25) is 0 Å². The van der Waals surface area contributed by atoms with Crippen molar-refractivity contribution in [2.45, 2.75) is 32.7 Å². The molecule has 156 valence electrons. The molecule has 0 saturated carbocycles. The van der Waals surface area contributed by atoms with Gasteiger partial charge in [0, 0.05) is 29.7 Å². The summed E-state index contributed by atoms with van der Waals surface area (Å²) in [4.78, 5) is 19.8. The number of amides is 1. The molecule has 1 atom stereocenters. The number of pyridine rings is 1. The van der Waals surface area contributed by atoms with E-state index in [1.54, 1.807) is 20.4 Å². The molecule has 1 amide bonds. The lowest BCUT2D eigenvalue weighted by atomic mass is 10.0. The van der Waals surface area contributed by atoms with Crippen LogP contribution in [0.25, 0.3) is 5.69 Å². The highest BCUT2D eigenvalue weighted by Crippen LogP contribution is 2.40. The van der Waals surface area contributed by atoms with Gasteiger partial charge in [0.05, 0.1) is 37.7 Å². The average Bonchev–Trinajstić information content (AvgIpc) is 3.37. The Morgan fingerprint density at radius 2 is 1.97 bits per heavy atom. The quantitative estimate of drug-likeness (QED) is 0.628. The number of nitrogens with zero attached hydrogens (tertiary/aromatic N) is 3. The van der Waals surface area contributed by atoms with Crippen LogP contribution in [0.1, 0.15) is 46.2 Å². The van der Waals surface area contributed by atoms with Crippen LogP contribution < -0.4 is 9.47 Å². The van der Waals surface area contributed by atoms with Gasteiger partial charge in [0.25, 0.3) is 5.91 Å². The summed E-state index contributed by atoms with van der Waals surface area (Å²) < 4.78 is 13.1. The summed E-state index contributed by atoms with van der Waals surface area (Å²) in [5, 5.41) is 0. The zero-order valence-electron chi connectivity index (χ0n) is 17.9. The monoisotopic (exact) mass is 405 g/mol. The van der Waals surface area contributed by atoms with Crippen LogP contribution in [-0.2, 0) is 0 Å². The summed E-state index contributed by atoms with van der Waals surface area (Å²) in [5.74, 6) is 1.59. The molecule has 4 rings (SSSR count). The van der Waals surface area contributed by atoms with E-state index in [0.29, 0.717) is 0 Å². The topological polar surface area (TPSA) is 56.6 Å². The van der Waals surface area contributed by atoms with Gasteiger partial charge >= 0.3 is 0 Å². The summed E-state index contributed by atoms with van der Waals surface area (Å²) in [6.45, 7) is 4.73. The van der Waals surface area contributed by atoms with E-state index in [1.165, 1.54) is 0 Å². The minimum absolute atomic E-state index is 0.0380. The van der Waals surface area contributed by atoms with E-state index in [1.807, 2.05) is 61.3 Å². The Bertz CT molecular complexity index is 1060. The highest BCUT2D eigenvalue weighted by molar-refractivity contribution is 5.96. The standard InChI is InChI=1S/C24H27N3O3/c1-16-13-20(17(2)27(16)18-7-5-11-25-15-18)24(28)26-12-6-8-22(26)21-14-19(29-3)9-10-23(21)30-4/h5,7,9-11,13-15,22H,6,8,12H2,1-4H3. The van der Waals surface area contributed by atoms with E-state index >= 15 is 0 Å². The van der Waals surface area contributed by atoms with Crippen molar-refractivity contribution in [2.24, 2.45) is 0 Å². The summed E-state index contributed by atoms with van der Waals surface area (Å²) in [6, 6.07) is 11.6. The Labute approximate surface area is 177 Å². The minimum Gasteiger partial charge on any atom is -0.497 e. The van der Waals surface area contributed by atoms with Crippen molar-refractivity contribution in [1.29, 1.82) is 0 Å². The van der Waals surface area contributed by atoms with Gasteiger partial charge in [-0.15, -0.1) is 0 Å². The molecule has 0 spiro atoms. The largest absolute Gasteiger partial charge is 0.497 e. The number of carbonyl (C=O) groups is 1. The first-order valence-corrected chi connectivity index (χ1v) is 10.2. The van der Waals surface area contributed by atoms with Gasteiger partial charge in [0.1, 0.15) is 11.5 Å². The van der Waals surface area contributed by atoms with Crippen LogP contribution in [0.5, 0.6) is 11.5 Å². The highest BCUT2D eigenvalue weighted by atomic mass is 16.5. The summed E-state index contributed by atoms with van der Waals surface area (Å²) >= 11 is 0. The van der Waals surface area contributed by atoms with E-state index in [9.17, 15) is 4.79 Å². The van der Waals surface area contributed by atoms with E-state index in [-0.39, 0.29) is 11.9 Å². The molecule has 6 heteroatoms. The number of aromatic nitrogens is 2. The third-order valence-electron chi connectivity index (χ3n) is 5.88. The van der Waals surface area contributed by atoms with Gasteiger partial charge in [0.15, 0.2) is 0 Å². The third kappa shape index (κ3) is 3.43. The fourth-order valence-electron chi connectivity index (χ4n) is 4.45. The number of benzene rings is 1. The van der Waals surface area contributed by atoms with E-state index in [2.05, 4.69) is 9.55 Å². The number of rotatable bonds is 5. The van der Waals surface area contributed by atoms with Crippen LogP contribution in [0.3, 0.4) is 0 Å². The molecular weight excluding hydrogens is 378 g/mol. The zero-order chi connectivity index (χ0) is 21.3. The molecule has 0 aliphatic carbocycles. The number of hydrogen-bond acceptors (Lipinski definition) is 4. The Morgan fingerprint density at radius 1 is 1.13 bits per heavy atom. The molecule has 1 aliphatic rings. The average molecular weight is 405 g/mol. The first kappa shape index (κ1) is 20.0. The Hall–Kier alpha value is -3.28. The fourth-order valence-corrected chi connectivity index (χ4v) is 4.45. The third-order valence-corrected chi connectivity index (χ3v) is 5.88. The maximum atomic E-state index is 13.6. The van der Waals surface area contributed by atoms with E-state index in [4.69, 9.17) is 9.47 Å². The SMILES string of the molecule is COc1ccc(OC)c(C2CCCN2C(=O)c2cc(C)n(-c3cccnc3)c2C)c1. The van der Waals surface area contributed by atoms with Crippen LogP contribution in [0, 0.1) is 13.8 Å². The molecule has 30 heavy (non-hydrogen) atoms. The number of hydrogen-bond donors (Lipinski definition) is 0. The Balaban J connectivity index is 1.71. The van der Waals surface area contributed by atoms with Crippen molar-refractivity contribution in [1.82, 2.24) is 14.5 Å². The Morgan fingerprint density at radius 3 is 2.67 bits per heavy atom. The molecule has 0 N–H and O–H groups in total. The molecular formula is C24H27N3O3. The lowest BCUT2D eigenvalue weighted by Gasteiger charge is -2.27. The second-order valence-corrected chi connectivity index (χ2v) is 7.60. The summed E-state index contributed by atoms with van der Waals surface area (Å²) in [7, 11) is 3.31. The summed E-state index contributed by atoms with van der Waals surface area (Å²) in [6.07, 6.45) is 5.42. The molecule has 6 nitrogen and oxygen atoms in total. The number of likely N-dealkylation sites (tertiary alicyclic amines) is 1. The lowest BCUT2D eigenvalue weighted by Crippen LogP contribution is -2.31. The van der Waals surface area contributed by atoms with Crippen molar-refractivity contribution in [3.05, 3.63) is 71.3 Å². The van der Waals surface area contributed by atoms with Gasteiger partial charge in [-0.1, -0.05) is 0 Å². The molecule has 0 radical (unpaired) electrons. The minimum atomic E-state index is -0.0380. The van der Waals surface area contributed by atoms with Gasteiger partial charge in [-0.25, -0.2) is 0 Å². The van der Waals surface area contributed by atoms with Crippen LogP contribution in [0.2, 0.25) is 0 Å². The van der Waals surface area contributed by atoms with E-state index in [0.717, 1.165) is 59.1 Å². The maximum Gasteiger partial charge on any atom is 0.256 e. The van der Waals surface area contributed by atoms with Crippen molar-refractivity contribution in [2.75, 3.05) is 20.8 Å². The molecule has 1 aromatic carbocycles. The van der Waals surface area contributed by atoms with Crippen molar-refractivity contribution < 1.29 is 14.3 Å². The smallest absolute Gasteiger partial charge is 0.256 e. The highest BCUT2D eigenvalue weighted by Gasteiger charge is 2.34. The second-order valence-electron chi connectivity index (χ2n) is 7.60. The molecule has 1 unspecified atom stereocenters. The molecule has 1 fully saturated rings. The van der Waals surface area contributed by atoms with Crippen LogP contribution in [0.4, 0.5) is 0 Å². The van der Waals surface area contributed by atoms with Crippen molar-refractivity contribution in [3.63, 3.8) is 0 Å². The van der Waals surface area contributed by atoms with E-state index < -0.39 is 0 Å². The summed E-state index contributed by atoms with van der Waals surface area (Å²) in [5.41, 5.74) is 4.61. The van der Waals surface area contributed by atoms with Crippen LogP contribution in [-0.4, -0.2) is 41.1 Å². The number of carbonyl (C=O) groups excluding carboxylic acids is 1. The number of methoxy groups -OCH3 is 2. The molecule has 1 aliphatic heterocycles. The fraction of sp³-hybridized carbons (Fsp3) is 0.333. The van der Waals surface area contributed by atoms with Crippen molar-refractivity contribution in [3.8, 4) is 17.2 Å². The number of ether oxygens (including phenoxy) is 2. The lowest BCUT2D eigenvalue weighted by molar-refractivity contribution is 0.0733. The van der Waals surface area contributed by atoms with Crippen LogP contribution >= 0.6 is 0 Å². The predicted molar refractivity (Wildman–Crippen MR) is 116 cm³/mol.